The minimum Gasteiger partial charge on any atom is -0.473 e. The van der Waals surface area contributed by atoms with Gasteiger partial charge in [0.15, 0.2) is 0 Å². The quantitative estimate of drug-likeness (QED) is 0.198. The Balaban J connectivity index is 1.35. The molecule has 0 amide bonds. The normalized spacial score (nSPS) is 10.9. The molecule has 0 aliphatic heterocycles. The number of pyridine rings is 1. The molecule has 0 fully saturated rings. The predicted molar refractivity (Wildman–Crippen MR) is 150 cm³/mol. The number of hydrogen-bond acceptors (Lipinski definition) is 5. The molecule has 0 spiro atoms. The largest absolute Gasteiger partial charge is 0.473 e. The lowest BCUT2D eigenvalue weighted by atomic mass is 10.1. The Bertz CT molecular complexity index is 1740. The molecule has 6 nitrogen and oxygen atoms in total. The van der Waals surface area contributed by atoms with E-state index in [1.165, 1.54) is 18.2 Å². The second kappa shape index (κ2) is 11.9. The number of benzene rings is 3. The van der Waals surface area contributed by atoms with E-state index in [9.17, 15) is 4.39 Å². The maximum Gasteiger partial charge on any atom is 0.214 e. The van der Waals surface area contributed by atoms with Gasteiger partial charge in [0, 0.05) is 31.7 Å². The summed E-state index contributed by atoms with van der Waals surface area (Å²) in [7, 11) is 1.65. The number of fused-ring (bicyclic) bond motifs is 1. The van der Waals surface area contributed by atoms with Gasteiger partial charge in [-0.3, -0.25) is 0 Å². The molecule has 0 saturated carbocycles. The minimum atomic E-state index is -0.600. The highest BCUT2D eigenvalue weighted by atomic mass is 19.1. The molecule has 200 valence electrons. The van der Waals surface area contributed by atoms with Crippen molar-refractivity contribution in [3.05, 3.63) is 119 Å². The zero-order chi connectivity index (χ0) is 28.1. The lowest BCUT2D eigenvalue weighted by Gasteiger charge is -2.11. The highest BCUT2D eigenvalue weighted by Gasteiger charge is 2.15. The summed E-state index contributed by atoms with van der Waals surface area (Å²) in [5.41, 5.74) is 4.95. The van der Waals surface area contributed by atoms with Crippen molar-refractivity contribution in [2.75, 3.05) is 13.7 Å². The molecule has 2 aromatic heterocycles. The van der Waals surface area contributed by atoms with E-state index in [-0.39, 0.29) is 18.0 Å². The van der Waals surface area contributed by atoms with Crippen molar-refractivity contribution in [3.63, 3.8) is 0 Å². The molecule has 0 aliphatic rings. The Labute approximate surface area is 230 Å². The maximum atomic E-state index is 15.4. The van der Waals surface area contributed by atoms with Crippen molar-refractivity contribution < 1.29 is 18.3 Å². The van der Waals surface area contributed by atoms with Crippen LogP contribution in [0.4, 0.5) is 8.78 Å². The molecular weight excluding hydrogens is 510 g/mol. The molecule has 0 unspecified atom stereocenters. The molecular formula is C32H26F2N4O2. The van der Waals surface area contributed by atoms with Gasteiger partial charge in [0.1, 0.15) is 30.1 Å². The third-order valence-corrected chi connectivity index (χ3v) is 6.57. The van der Waals surface area contributed by atoms with Crippen LogP contribution in [0.25, 0.3) is 28.4 Å². The molecule has 5 rings (SSSR count). The van der Waals surface area contributed by atoms with E-state index in [0.29, 0.717) is 47.8 Å². The van der Waals surface area contributed by atoms with Gasteiger partial charge in [-0.2, -0.15) is 5.26 Å². The Kier molecular flexibility index (Phi) is 7.94. The van der Waals surface area contributed by atoms with E-state index in [1.54, 1.807) is 49.6 Å². The number of hydrogen-bond donors (Lipinski definition) is 0. The van der Waals surface area contributed by atoms with Gasteiger partial charge >= 0.3 is 0 Å². The molecule has 2 heterocycles. The van der Waals surface area contributed by atoms with Gasteiger partial charge in [-0.05, 0) is 53.1 Å². The Morgan fingerprint density at radius 1 is 1.00 bits per heavy atom. The van der Waals surface area contributed by atoms with Crippen molar-refractivity contribution in [3.8, 4) is 23.2 Å². The third kappa shape index (κ3) is 5.75. The first-order valence-corrected chi connectivity index (χ1v) is 12.7. The number of rotatable bonds is 10. The van der Waals surface area contributed by atoms with E-state index in [4.69, 9.17) is 19.7 Å². The topological polar surface area (TPSA) is 73.0 Å². The van der Waals surface area contributed by atoms with Gasteiger partial charge in [0.25, 0.3) is 0 Å². The van der Waals surface area contributed by atoms with Crippen LogP contribution in [0.1, 0.15) is 28.1 Å². The van der Waals surface area contributed by atoms with Crippen LogP contribution in [0.3, 0.4) is 0 Å². The van der Waals surface area contributed by atoms with Crippen LogP contribution in [0.2, 0.25) is 0 Å². The molecule has 0 atom stereocenters. The molecule has 8 heteroatoms. The first kappa shape index (κ1) is 26.7. The van der Waals surface area contributed by atoms with Gasteiger partial charge in [-0.25, -0.2) is 18.7 Å². The number of nitriles is 1. The van der Waals surface area contributed by atoms with Crippen LogP contribution in [0, 0.1) is 23.0 Å². The van der Waals surface area contributed by atoms with Crippen LogP contribution < -0.4 is 4.74 Å². The van der Waals surface area contributed by atoms with E-state index in [0.717, 1.165) is 22.4 Å². The standard InChI is InChI=1S/C32H26F2N4O2/c1-3-21-8-12-29-30(16-21)38(13-14-39-2)31(36-29)18-23-10-11-24(17-27(23)34)28-5-4-6-32(37-28)40-20-22-7-9-25(19-35)26(33)15-22/h3-12,15-17H,1,13-14,18,20H2,2H3. The number of nitrogens with zero attached hydrogens (tertiary/aromatic N) is 4. The summed E-state index contributed by atoms with van der Waals surface area (Å²) >= 11 is 0. The number of imidazole rings is 1. The predicted octanol–water partition coefficient (Wildman–Crippen LogP) is 6.71. The van der Waals surface area contributed by atoms with Crippen molar-refractivity contribution in [2.45, 2.75) is 19.6 Å². The minimum absolute atomic E-state index is 0.0246. The van der Waals surface area contributed by atoms with E-state index < -0.39 is 5.82 Å². The average Bonchev–Trinajstić information content (AvgIpc) is 3.32. The van der Waals surface area contributed by atoms with Crippen molar-refractivity contribution in [1.29, 1.82) is 5.26 Å². The van der Waals surface area contributed by atoms with E-state index in [1.807, 2.05) is 24.3 Å². The molecule has 0 N–H and O–H groups in total. The van der Waals surface area contributed by atoms with E-state index in [2.05, 4.69) is 16.1 Å². The molecule has 0 aliphatic carbocycles. The van der Waals surface area contributed by atoms with Gasteiger partial charge in [0.05, 0.1) is 28.9 Å². The highest BCUT2D eigenvalue weighted by Crippen LogP contribution is 2.26. The summed E-state index contributed by atoms with van der Waals surface area (Å²) in [5.74, 6) is 0.0950. The van der Waals surface area contributed by atoms with Gasteiger partial charge in [-0.1, -0.05) is 43.0 Å². The van der Waals surface area contributed by atoms with Crippen LogP contribution >= 0.6 is 0 Å². The molecule has 3 aromatic carbocycles. The Morgan fingerprint density at radius 3 is 2.62 bits per heavy atom. The molecule has 0 radical (unpaired) electrons. The van der Waals surface area contributed by atoms with Crippen LogP contribution in [-0.4, -0.2) is 28.3 Å². The number of halogens is 2. The third-order valence-electron chi connectivity index (χ3n) is 6.57. The summed E-state index contributed by atoms with van der Waals surface area (Å²) in [6.45, 7) is 5.02. The fourth-order valence-electron chi connectivity index (χ4n) is 4.46. The van der Waals surface area contributed by atoms with Gasteiger partial charge in [-0.15, -0.1) is 0 Å². The summed E-state index contributed by atoms with van der Waals surface area (Å²) in [6.07, 6.45) is 2.09. The maximum absolute atomic E-state index is 15.4. The Hall–Kier alpha value is -4.87. The van der Waals surface area contributed by atoms with E-state index >= 15 is 4.39 Å². The molecule has 0 bridgehead atoms. The second-order valence-corrected chi connectivity index (χ2v) is 9.18. The van der Waals surface area contributed by atoms with Crippen molar-refractivity contribution in [2.24, 2.45) is 0 Å². The average molecular weight is 537 g/mol. The molecule has 5 aromatic rings. The van der Waals surface area contributed by atoms with Crippen molar-refractivity contribution in [1.82, 2.24) is 14.5 Å². The Morgan fingerprint density at radius 2 is 1.88 bits per heavy atom. The fraction of sp³-hybridized carbons (Fsp3) is 0.156. The zero-order valence-electron chi connectivity index (χ0n) is 21.9. The van der Waals surface area contributed by atoms with Gasteiger partial charge < -0.3 is 14.0 Å². The number of aromatic nitrogens is 3. The highest BCUT2D eigenvalue weighted by molar-refractivity contribution is 5.79. The lowest BCUT2D eigenvalue weighted by Crippen LogP contribution is -2.09. The lowest BCUT2D eigenvalue weighted by molar-refractivity contribution is 0.187. The van der Waals surface area contributed by atoms with Crippen LogP contribution in [0.15, 0.2) is 79.4 Å². The summed E-state index contributed by atoms with van der Waals surface area (Å²) in [6, 6.07) is 22.2. The first-order chi connectivity index (χ1) is 19.5. The molecule has 40 heavy (non-hydrogen) atoms. The summed E-state index contributed by atoms with van der Waals surface area (Å²) in [5, 5.41) is 8.89. The number of ether oxygens (including phenoxy) is 2. The van der Waals surface area contributed by atoms with Gasteiger partial charge in [0.2, 0.25) is 5.88 Å². The number of methoxy groups -OCH3 is 1. The van der Waals surface area contributed by atoms with Crippen LogP contribution in [-0.2, 0) is 24.3 Å². The second-order valence-electron chi connectivity index (χ2n) is 9.18. The smallest absolute Gasteiger partial charge is 0.214 e. The molecule has 0 saturated heterocycles. The zero-order valence-corrected chi connectivity index (χ0v) is 21.9. The first-order valence-electron chi connectivity index (χ1n) is 12.7. The fourth-order valence-corrected chi connectivity index (χ4v) is 4.46. The van der Waals surface area contributed by atoms with Crippen molar-refractivity contribution >= 4 is 17.1 Å². The summed E-state index contributed by atoms with van der Waals surface area (Å²) < 4.78 is 42.3. The monoisotopic (exact) mass is 536 g/mol. The SMILES string of the molecule is C=Cc1ccc2nc(Cc3ccc(-c4cccc(OCc5ccc(C#N)c(F)c5)n4)cc3F)n(CCOC)c2c1. The van der Waals surface area contributed by atoms with Crippen LogP contribution in [0.5, 0.6) is 5.88 Å². The summed E-state index contributed by atoms with van der Waals surface area (Å²) in [4.78, 5) is 9.26.